The highest BCUT2D eigenvalue weighted by molar-refractivity contribution is 8.01. The Bertz CT molecular complexity index is 815. The minimum absolute atomic E-state index is 0.141. The lowest BCUT2D eigenvalue weighted by Crippen LogP contribution is -2.24. The van der Waals surface area contributed by atoms with Crippen LogP contribution in [0.1, 0.15) is 13.3 Å². The van der Waals surface area contributed by atoms with Gasteiger partial charge in [-0.1, -0.05) is 31.4 Å². The Morgan fingerprint density at radius 2 is 2.00 bits per heavy atom. The summed E-state index contributed by atoms with van der Waals surface area (Å²) in [5, 5.41) is 0. The lowest BCUT2D eigenvalue weighted by atomic mass is 10.2. The molecule has 0 unspecified atom stereocenters. The summed E-state index contributed by atoms with van der Waals surface area (Å²) in [5.41, 5.74) is 10.3. The van der Waals surface area contributed by atoms with Crippen LogP contribution in [0.25, 0.3) is 0 Å². The standard InChI is InChI=1S/C20H26F2N4O3S2/c1-4-16(31-25-11-7-13-30-28)9-6-12-29-18(15(3)21)17(22)10-5-8-14(2)19(27)26-20(23)24/h4-6,8-10,12,25,28H,1,3,7,11,13H2,2H3,(H4,23,24,26,27)/b10-5+,12-6+,14-8+,16-9+,18-17-. The molecular formula is C20H26F2N4O3S2. The van der Waals surface area contributed by atoms with E-state index in [4.69, 9.17) is 20.8 Å². The van der Waals surface area contributed by atoms with E-state index in [0.717, 1.165) is 35.7 Å². The van der Waals surface area contributed by atoms with Gasteiger partial charge in [-0.25, -0.2) is 8.78 Å². The molecule has 6 N–H and O–H groups in total. The van der Waals surface area contributed by atoms with E-state index in [1.165, 1.54) is 37.1 Å². The van der Waals surface area contributed by atoms with Gasteiger partial charge in [0.25, 0.3) is 5.91 Å². The Morgan fingerprint density at radius 3 is 2.58 bits per heavy atom. The molecule has 0 aromatic carbocycles. The summed E-state index contributed by atoms with van der Waals surface area (Å²) < 4.78 is 44.4. The average molecular weight is 473 g/mol. The smallest absolute Gasteiger partial charge is 0.275 e. The number of guanidine groups is 1. The van der Waals surface area contributed by atoms with Gasteiger partial charge in [-0.05, 0) is 55.6 Å². The lowest BCUT2D eigenvalue weighted by Gasteiger charge is -2.04. The SMILES string of the molecule is C=C/C(=C\C=C\O/C(C(=C)F)=C(F)/C=C/C=C(\C)C(=O)N=C(N)N)SNCCCSO. The van der Waals surface area contributed by atoms with Crippen LogP contribution in [-0.4, -0.2) is 28.7 Å². The normalized spacial score (nSPS) is 13.3. The number of aliphatic imine (C=N–C) groups is 1. The summed E-state index contributed by atoms with van der Waals surface area (Å²) in [6.07, 6.45) is 9.86. The maximum Gasteiger partial charge on any atom is 0.275 e. The second-order valence-electron chi connectivity index (χ2n) is 5.54. The highest BCUT2D eigenvalue weighted by Gasteiger charge is 2.09. The Kier molecular flexibility index (Phi) is 15.7. The van der Waals surface area contributed by atoms with Gasteiger partial charge in [0.05, 0.1) is 6.26 Å². The molecule has 0 fully saturated rings. The topological polar surface area (TPSA) is 123 Å². The van der Waals surface area contributed by atoms with Crippen LogP contribution in [0.15, 0.2) is 88.8 Å². The Labute approximate surface area is 189 Å². The van der Waals surface area contributed by atoms with Crippen LogP contribution in [0, 0.1) is 0 Å². The van der Waals surface area contributed by atoms with Gasteiger partial charge >= 0.3 is 0 Å². The monoisotopic (exact) mass is 472 g/mol. The summed E-state index contributed by atoms with van der Waals surface area (Å²) in [6, 6.07) is 0. The zero-order valence-corrected chi connectivity index (χ0v) is 18.6. The van der Waals surface area contributed by atoms with E-state index >= 15 is 0 Å². The van der Waals surface area contributed by atoms with Gasteiger partial charge in [-0.15, -0.1) is 0 Å². The molecule has 0 atom stereocenters. The summed E-state index contributed by atoms with van der Waals surface area (Å²) in [7, 11) is 0. The predicted molar refractivity (Wildman–Crippen MR) is 126 cm³/mol. The maximum atomic E-state index is 14.2. The molecule has 0 spiro atoms. The fourth-order valence-corrected chi connectivity index (χ4v) is 2.52. The molecule has 0 heterocycles. The molecule has 170 valence electrons. The molecule has 0 aromatic heterocycles. The summed E-state index contributed by atoms with van der Waals surface area (Å²) in [5.74, 6) is -3.33. The summed E-state index contributed by atoms with van der Waals surface area (Å²) in [4.78, 5) is 15.6. The average Bonchev–Trinajstić information content (AvgIpc) is 2.70. The molecule has 0 aliphatic heterocycles. The van der Waals surface area contributed by atoms with Gasteiger partial charge in [-0.2, -0.15) is 4.99 Å². The zero-order chi connectivity index (χ0) is 23.6. The number of amides is 1. The van der Waals surface area contributed by atoms with Crippen molar-refractivity contribution in [1.82, 2.24) is 4.72 Å². The van der Waals surface area contributed by atoms with Crippen molar-refractivity contribution in [1.29, 1.82) is 0 Å². The first kappa shape index (κ1) is 28.4. The predicted octanol–water partition coefficient (Wildman–Crippen LogP) is 4.39. The third-order valence-corrected chi connectivity index (χ3v) is 4.41. The van der Waals surface area contributed by atoms with Gasteiger partial charge in [0.15, 0.2) is 23.4 Å². The number of allylic oxidation sites excluding steroid dienone is 8. The molecule has 0 aromatic rings. The van der Waals surface area contributed by atoms with Crippen molar-refractivity contribution >= 4 is 35.9 Å². The first-order valence-electron chi connectivity index (χ1n) is 8.78. The van der Waals surface area contributed by atoms with Gasteiger partial charge in [0.1, 0.15) is 0 Å². The van der Waals surface area contributed by atoms with Crippen molar-refractivity contribution in [3.05, 3.63) is 83.8 Å². The maximum absolute atomic E-state index is 14.2. The second kappa shape index (κ2) is 17.1. The van der Waals surface area contributed by atoms with Gasteiger partial charge < -0.3 is 20.8 Å². The number of carbonyl (C=O) groups excluding carboxylic acids is 1. The van der Waals surface area contributed by atoms with E-state index in [1.807, 2.05) is 0 Å². The molecule has 31 heavy (non-hydrogen) atoms. The van der Waals surface area contributed by atoms with Crippen molar-refractivity contribution < 1.29 is 22.9 Å². The molecule has 0 saturated heterocycles. The molecule has 11 heteroatoms. The number of hydrogen-bond acceptors (Lipinski definition) is 6. The Balaban J connectivity index is 5.04. The molecule has 0 aliphatic carbocycles. The van der Waals surface area contributed by atoms with E-state index in [2.05, 4.69) is 22.9 Å². The van der Waals surface area contributed by atoms with Gasteiger partial charge in [-0.3, -0.25) is 9.52 Å². The minimum atomic E-state index is -1.12. The van der Waals surface area contributed by atoms with Crippen LogP contribution in [0.3, 0.4) is 0 Å². The van der Waals surface area contributed by atoms with Crippen LogP contribution in [0.4, 0.5) is 8.78 Å². The van der Waals surface area contributed by atoms with Crippen molar-refractivity contribution in [3.8, 4) is 0 Å². The number of carbonyl (C=O) groups is 1. The first-order chi connectivity index (χ1) is 14.7. The largest absolute Gasteiger partial charge is 0.459 e. The number of nitrogens with one attached hydrogen (secondary N) is 1. The Morgan fingerprint density at radius 1 is 1.29 bits per heavy atom. The minimum Gasteiger partial charge on any atom is -0.459 e. The fraction of sp³-hybridized carbons (Fsp3) is 0.200. The summed E-state index contributed by atoms with van der Waals surface area (Å²) >= 11 is 2.09. The lowest BCUT2D eigenvalue weighted by molar-refractivity contribution is -0.114. The van der Waals surface area contributed by atoms with Crippen molar-refractivity contribution in [2.45, 2.75) is 13.3 Å². The molecule has 1 amide bonds. The molecule has 7 nitrogen and oxygen atoms in total. The Hall–Kier alpha value is -2.60. The van der Waals surface area contributed by atoms with Crippen LogP contribution in [0.2, 0.25) is 0 Å². The molecule has 0 radical (unpaired) electrons. The van der Waals surface area contributed by atoms with Crippen molar-refractivity contribution in [2.24, 2.45) is 16.5 Å². The van der Waals surface area contributed by atoms with Crippen LogP contribution in [0.5, 0.6) is 0 Å². The van der Waals surface area contributed by atoms with E-state index < -0.39 is 29.3 Å². The van der Waals surface area contributed by atoms with Gasteiger partial charge in [0, 0.05) is 22.8 Å². The molecule has 0 aliphatic rings. The highest BCUT2D eigenvalue weighted by atomic mass is 32.2. The highest BCUT2D eigenvalue weighted by Crippen LogP contribution is 2.19. The van der Waals surface area contributed by atoms with E-state index in [1.54, 1.807) is 12.2 Å². The fourth-order valence-electron chi connectivity index (χ4n) is 1.61. The van der Waals surface area contributed by atoms with Crippen LogP contribution in [-0.2, 0) is 9.53 Å². The zero-order valence-electron chi connectivity index (χ0n) is 17.0. The molecule has 0 rings (SSSR count). The number of halogens is 2. The second-order valence-corrected chi connectivity index (χ2v) is 7.17. The van der Waals surface area contributed by atoms with E-state index in [0.29, 0.717) is 12.3 Å². The van der Waals surface area contributed by atoms with Gasteiger partial charge in [0.2, 0.25) is 0 Å². The quantitative estimate of drug-likeness (QED) is 0.0429. The summed E-state index contributed by atoms with van der Waals surface area (Å²) in [6.45, 7) is 8.82. The third-order valence-electron chi connectivity index (χ3n) is 3.05. The van der Waals surface area contributed by atoms with Crippen molar-refractivity contribution in [3.63, 3.8) is 0 Å². The number of hydrogen-bond donors (Lipinski definition) is 4. The number of ether oxygens (including phenoxy) is 1. The van der Waals surface area contributed by atoms with E-state index in [9.17, 15) is 13.6 Å². The molecule has 0 bridgehead atoms. The first-order valence-corrected chi connectivity index (χ1v) is 10.5. The number of rotatable bonds is 14. The molecule has 0 saturated carbocycles. The molecular weight excluding hydrogens is 446 g/mol. The van der Waals surface area contributed by atoms with E-state index in [-0.39, 0.29) is 5.57 Å². The third kappa shape index (κ3) is 14.1. The van der Waals surface area contributed by atoms with Crippen molar-refractivity contribution in [2.75, 3.05) is 12.3 Å². The number of nitrogens with two attached hydrogens (primary N) is 2. The van der Waals surface area contributed by atoms with Crippen LogP contribution >= 0.6 is 24.0 Å². The number of nitrogens with zero attached hydrogens (tertiary/aromatic N) is 1. The van der Waals surface area contributed by atoms with Crippen LogP contribution < -0.4 is 16.2 Å².